The van der Waals surface area contributed by atoms with E-state index in [1.807, 2.05) is 0 Å². The van der Waals surface area contributed by atoms with E-state index in [4.69, 9.17) is 10.4 Å². The number of ether oxygens (including phenoxy) is 1. The van der Waals surface area contributed by atoms with Crippen molar-refractivity contribution in [2.45, 2.75) is 25.8 Å². The van der Waals surface area contributed by atoms with Gasteiger partial charge in [-0.2, -0.15) is 5.26 Å². The zero-order valence-corrected chi connectivity index (χ0v) is 8.73. The fraction of sp³-hybridized carbons (Fsp3) is 0.556. The Morgan fingerprint density at radius 3 is 2.56 bits per heavy atom. The number of carbonyl (C=O) groups is 3. The van der Waals surface area contributed by atoms with Gasteiger partial charge in [-0.3, -0.25) is 9.59 Å². The summed E-state index contributed by atoms with van der Waals surface area (Å²) in [6.07, 6.45) is 0.0302. The lowest BCUT2D eigenvalue weighted by molar-refractivity contribution is -0.148. The molecule has 0 aliphatic rings. The molecule has 0 aromatic heterocycles. The molecule has 0 radical (unpaired) electrons. The molecule has 7 heteroatoms. The van der Waals surface area contributed by atoms with Crippen molar-refractivity contribution in [2.24, 2.45) is 0 Å². The quantitative estimate of drug-likeness (QED) is 0.587. The summed E-state index contributed by atoms with van der Waals surface area (Å²) >= 11 is 0. The van der Waals surface area contributed by atoms with Gasteiger partial charge in [0.2, 0.25) is 0 Å². The number of carbonyl (C=O) groups excluding carboxylic acids is 2. The number of carboxylic acid groups (broad SMARTS) is 1. The van der Waals surface area contributed by atoms with Crippen molar-refractivity contribution in [2.75, 3.05) is 6.61 Å². The van der Waals surface area contributed by atoms with Crippen molar-refractivity contribution in [3.05, 3.63) is 0 Å². The molecule has 0 fully saturated rings. The third kappa shape index (κ3) is 6.37. The normalized spacial score (nSPS) is 11.0. The van der Waals surface area contributed by atoms with Gasteiger partial charge in [0, 0.05) is 13.3 Å². The van der Waals surface area contributed by atoms with Gasteiger partial charge in [0.05, 0.1) is 6.07 Å². The first-order valence-corrected chi connectivity index (χ1v) is 4.50. The third-order valence-electron chi connectivity index (χ3n) is 1.58. The summed E-state index contributed by atoms with van der Waals surface area (Å²) in [5, 5.41) is 19.1. The van der Waals surface area contributed by atoms with Gasteiger partial charge in [0.15, 0.2) is 6.61 Å². The van der Waals surface area contributed by atoms with E-state index in [1.165, 1.54) is 0 Å². The number of amides is 1. The monoisotopic (exact) mass is 228 g/mol. The molecule has 0 spiro atoms. The molecule has 7 nitrogen and oxygen atoms in total. The average molecular weight is 228 g/mol. The van der Waals surface area contributed by atoms with E-state index in [2.05, 4.69) is 10.1 Å². The van der Waals surface area contributed by atoms with Crippen LogP contribution < -0.4 is 5.32 Å². The Bertz CT molecular complexity index is 320. The first-order chi connectivity index (χ1) is 7.47. The van der Waals surface area contributed by atoms with Gasteiger partial charge in [-0.05, 0) is 6.42 Å². The van der Waals surface area contributed by atoms with E-state index in [1.54, 1.807) is 6.07 Å². The lowest BCUT2D eigenvalue weighted by Gasteiger charge is -2.12. The Kier molecular flexibility index (Phi) is 6.28. The smallest absolute Gasteiger partial charge is 0.326 e. The fourth-order valence-electron chi connectivity index (χ4n) is 0.869. The lowest BCUT2D eigenvalue weighted by Crippen LogP contribution is -2.42. The van der Waals surface area contributed by atoms with Gasteiger partial charge in [0.25, 0.3) is 5.91 Å². The molecule has 0 aromatic carbocycles. The zero-order valence-electron chi connectivity index (χ0n) is 8.73. The van der Waals surface area contributed by atoms with Crippen molar-refractivity contribution in [3.8, 4) is 6.07 Å². The van der Waals surface area contributed by atoms with Crippen LogP contribution in [0.2, 0.25) is 0 Å². The highest BCUT2D eigenvalue weighted by Gasteiger charge is 2.19. The molecule has 0 bridgehead atoms. The molecule has 88 valence electrons. The van der Waals surface area contributed by atoms with Gasteiger partial charge in [-0.25, -0.2) is 4.79 Å². The summed E-state index contributed by atoms with van der Waals surface area (Å²) in [7, 11) is 0. The Balaban J connectivity index is 4.08. The molecule has 0 saturated carbocycles. The lowest BCUT2D eigenvalue weighted by atomic mass is 10.1. The minimum Gasteiger partial charge on any atom is -0.480 e. The molecule has 0 rings (SSSR count). The van der Waals surface area contributed by atoms with E-state index in [-0.39, 0.29) is 12.8 Å². The summed E-state index contributed by atoms with van der Waals surface area (Å²) in [4.78, 5) is 32.1. The summed E-state index contributed by atoms with van der Waals surface area (Å²) in [6.45, 7) is 0.614. The van der Waals surface area contributed by atoms with Crippen LogP contribution in [0.25, 0.3) is 0 Å². The number of nitrogens with zero attached hydrogens (tertiary/aromatic N) is 1. The van der Waals surface area contributed by atoms with Crippen molar-refractivity contribution >= 4 is 17.8 Å². The van der Waals surface area contributed by atoms with Crippen molar-refractivity contribution in [1.82, 2.24) is 5.32 Å². The third-order valence-corrected chi connectivity index (χ3v) is 1.58. The predicted octanol–water partition coefficient (Wildman–Crippen LogP) is -0.577. The van der Waals surface area contributed by atoms with Gasteiger partial charge >= 0.3 is 11.9 Å². The first kappa shape index (κ1) is 13.9. The molecule has 16 heavy (non-hydrogen) atoms. The van der Waals surface area contributed by atoms with Crippen LogP contribution in [0.5, 0.6) is 0 Å². The highest BCUT2D eigenvalue weighted by Crippen LogP contribution is 1.96. The highest BCUT2D eigenvalue weighted by atomic mass is 16.5. The molecule has 0 unspecified atom stereocenters. The molecular formula is C9H12N2O5. The standard InChI is InChI=1S/C9H12N2O5/c1-6(12)16-5-8(13)11-7(9(14)15)3-2-4-10/h7H,2-3,5H2,1H3,(H,11,13)(H,14,15)/t7-/m1/s1. The number of rotatable bonds is 6. The van der Waals surface area contributed by atoms with Crippen LogP contribution in [0.4, 0.5) is 0 Å². The molecule has 1 atom stereocenters. The number of hydrogen-bond donors (Lipinski definition) is 2. The van der Waals surface area contributed by atoms with Crippen LogP contribution in [0.3, 0.4) is 0 Å². The molecule has 0 aliphatic carbocycles. The zero-order chi connectivity index (χ0) is 12.6. The molecule has 1 amide bonds. The number of nitrogens with one attached hydrogen (secondary N) is 1. The molecule has 0 aromatic rings. The van der Waals surface area contributed by atoms with E-state index >= 15 is 0 Å². The maximum absolute atomic E-state index is 11.1. The van der Waals surface area contributed by atoms with E-state index < -0.39 is 30.5 Å². The van der Waals surface area contributed by atoms with Crippen molar-refractivity contribution < 1.29 is 24.2 Å². The molecule has 2 N–H and O–H groups in total. The van der Waals surface area contributed by atoms with Crippen LogP contribution in [-0.4, -0.2) is 35.6 Å². The SMILES string of the molecule is CC(=O)OCC(=O)N[C@H](CCC#N)C(=O)O. The predicted molar refractivity (Wildman–Crippen MR) is 51.0 cm³/mol. The topological polar surface area (TPSA) is 116 Å². The van der Waals surface area contributed by atoms with Crippen molar-refractivity contribution in [1.29, 1.82) is 5.26 Å². The van der Waals surface area contributed by atoms with Crippen LogP contribution in [0.15, 0.2) is 0 Å². The molecule has 0 saturated heterocycles. The maximum Gasteiger partial charge on any atom is 0.326 e. The Morgan fingerprint density at radius 1 is 1.50 bits per heavy atom. The minimum atomic E-state index is -1.23. The van der Waals surface area contributed by atoms with Gasteiger partial charge in [-0.1, -0.05) is 0 Å². The van der Waals surface area contributed by atoms with Crippen molar-refractivity contribution in [3.63, 3.8) is 0 Å². The molecular weight excluding hydrogens is 216 g/mol. The number of carboxylic acids is 1. The largest absolute Gasteiger partial charge is 0.480 e. The minimum absolute atomic E-state index is 0.0116. The molecule has 0 aliphatic heterocycles. The Morgan fingerprint density at radius 2 is 2.12 bits per heavy atom. The molecule has 0 heterocycles. The number of esters is 1. The number of aliphatic carboxylic acids is 1. The van der Waals surface area contributed by atoms with Crippen LogP contribution in [-0.2, 0) is 19.1 Å². The fourth-order valence-corrected chi connectivity index (χ4v) is 0.869. The van der Waals surface area contributed by atoms with E-state index in [0.717, 1.165) is 6.92 Å². The average Bonchev–Trinajstić information content (AvgIpc) is 2.20. The second kappa shape index (κ2) is 7.23. The van der Waals surface area contributed by atoms with Gasteiger partial charge < -0.3 is 15.2 Å². The van der Waals surface area contributed by atoms with Gasteiger partial charge in [-0.15, -0.1) is 0 Å². The van der Waals surface area contributed by atoms with E-state index in [0.29, 0.717) is 0 Å². The summed E-state index contributed by atoms with van der Waals surface area (Å²) in [6, 6.07) is 0.640. The van der Waals surface area contributed by atoms with Gasteiger partial charge in [0.1, 0.15) is 6.04 Å². The van der Waals surface area contributed by atoms with Crippen LogP contribution in [0, 0.1) is 11.3 Å². The maximum atomic E-state index is 11.1. The summed E-state index contributed by atoms with van der Waals surface area (Å²) in [5.41, 5.74) is 0. The second-order valence-electron chi connectivity index (χ2n) is 2.94. The first-order valence-electron chi connectivity index (χ1n) is 4.50. The highest BCUT2D eigenvalue weighted by molar-refractivity contribution is 5.85. The summed E-state index contributed by atoms with van der Waals surface area (Å²) in [5.74, 6) is -2.56. The van der Waals surface area contributed by atoms with E-state index in [9.17, 15) is 14.4 Å². The van der Waals surface area contributed by atoms with Crippen LogP contribution >= 0.6 is 0 Å². The van der Waals surface area contributed by atoms with Crippen LogP contribution in [0.1, 0.15) is 19.8 Å². The summed E-state index contributed by atoms with van der Waals surface area (Å²) < 4.78 is 4.38. The number of nitriles is 1. The second-order valence-corrected chi connectivity index (χ2v) is 2.94. The Labute approximate surface area is 92.0 Å². The Hall–Kier alpha value is -2.10. The number of hydrogen-bond acceptors (Lipinski definition) is 5.